The molecule has 0 unspecified atom stereocenters. The maximum Gasteiger partial charge on any atom is 0.269 e. The summed E-state index contributed by atoms with van der Waals surface area (Å²) in [5.74, 6) is 0.621. The zero-order chi connectivity index (χ0) is 14.5. The molecule has 1 aromatic carbocycles. The second-order valence-electron chi connectivity index (χ2n) is 4.13. The molecule has 6 heteroatoms. The van der Waals surface area contributed by atoms with E-state index in [0.29, 0.717) is 17.0 Å². The van der Waals surface area contributed by atoms with E-state index in [4.69, 9.17) is 10.00 Å². The van der Waals surface area contributed by atoms with Crippen LogP contribution in [0.5, 0.6) is 5.75 Å². The lowest BCUT2D eigenvalue weighted by atomic mass is 10.1. The van der Waals surface area contributed by atoms with Crippen LogP contribution in [0, 0.1) is 11.3 Å². The highest BCUT2D eigenvalue weighted by Crippen LogP contribution is 2.20. The van der Waals surface area contributed by atoms with Crippen LogP contribution < -0.4 is 15.6 Å². The van der Waals surface area contributed by atoms with E-state index in [1.807, 2.05) is 0 Å². The number of nitrogens with one attached hydrogen (secondary N) is 1. The Bertz CT molecular complexity index is 716. The highest BCUT2D eigenvalue weighted by Gasteiger charge is 2.07. The van der Waals surface area contributed by atoms with E-state index in [-0.39, 0.29) is 12.1 Å². The lowest BCUT2D eigenvalue weighted by molar-refractivity contribution is 0.406. The van der Waals surface area contributed by atoms with Crippen LogP contribution in [-0.4, -0.2) is 23.9 Å². The normalized spacial score (nSPS) is 9.85. The second kappa shape index (κ2) is 5.89. The van der Waals surface area contributed by atoms with Crippen LogP contribution in [0.15, 0.2) is 35.3 Å². The second-order valence-corrected chi connectivity index (χ2v) is 4.13. The van der Waals surface area contributed by atoms with Crippen LogP contribution in [0.25, 0.3) is 0 Å². The van der Waals surface area contributed by atoms with Gasteiger partial charge in [-0.3, -0.25) is 4.79 Å². The first-order valence-electron chi connectivity index (χ1n) is 6.00. The lowest BCUT2D eigenvalue weighted by Crippen LogP contribution is -2.23. The van der Waals surface area contributed by atoms with Crippen molar-refractivity contribution in [2.75, 3.05) is 19.5 Å². The fourth-order valence-electron chi connectivity index (χ4n) is 1.82. The van der Waals surface area contributed by atoms with Crippen LogP contribution >= 0.6 is 0 Å². The van der Waals surface area contributed by atoms with Gasteiger partial charge >= 0.3 is 0 Å². The lowest BCUT2D eigenvalue weighted by Gasteiger charge is -2.10. The maximum atomic E-state index is 11.9. The molecule has 0 radical (unpaired) electrons. The quantitative estimate of drug-likeness (QED) is 0.903. The van der Waals surface area contributed by atoms with Gasteiger partial charge in [0.05, 0.1) is 37.2 Å². The molecular formula is C14H14N4O2. The molecule has 1 N–H and O–H groups in total. The van der Waals surface area contributed by atoms with Crippen molar-refractivity contribution >= 4 is 5.69 Å². The molecule has 0 amide bonds. The first-order chi connectivity index (χ1) is 9.67. The summed E-state index contributed by atoms with van der Waals surface area (Å²) in [5.41, 5.74) is 1.68. The number of hydrogen-bond donors (Lipinski definition) is 1. The van der Waals surface area contributed by atoms with Gasteiger partial charge in [-0.15, -0.1) is 0 Å². The average Bonchev–Trinajstić information content (AvgIpc) is 2.49. The Morgan fingerprint density at radius 3 is 2.85 bits per heavy atom. The van der Waals surface area contributed by atoms with Crippen LogP contribution in [0.4, 0.5) is 5.69 Å². The highest BCUT2D eigenvalue weighted by molar-refractivity contribution is 5.42. The third kappa shape index (κ3) is 2.78. The van der Waals surface area contributed by atoms with E-state index in [9.17, 15) is 4.79 Å². The van der Waals surface area contributed by atoms with Gasteiger partial charge in [0, 0.05) is 18.7 Å². The third-order valence-corrected chi connectivity index (χ3v) is 2.89. The molecule has 6 nitrogen and oxygen atoms in total. The van der Waals surface area contributed by atoms with Crippen molar-refractivity contribution in [3.63, 3.8) is 0 Å². The first-order valence-corrected chi connectivity index (χ1v) is 6.00. The fourth-order valence-corrected chi connectivity index (χ4v) is 1.82. The van der Waals surface area contributed by atoms with Gasteiger partial charge in [-0.2, -0.15) is 10.4 Å². The molecule has 2 rings (SSSR count). The Balaban J connectivity index is 2.39. The zero-order valence-electron chi connectivity index (χ0n) is 11.3. The van der Waals surface area contributed by atoms with Crippen molar-refractivity contribution in [2.45, 2.75) is 6.54 Å². The van der Waals surface area contributed by atoms with Crippen molar-refractivity contribution in [1.82, 2.24) is 9.78 Å². The molecule has 0 saturated carbocycles. The molecule has 0 saturated heterocycles. The fraction of sp³-hybridized carbons (Fsp3) is 0.214. The molecule has 1 aromatic heterocycles. The van der Waals surface area contributed by atoms with Crippen LogP contribution in [0.1, 0.15) is 11.1 Å². The Hall–Kier alpha value is -2.81. The molecule has 20 heavy (non-hydrogen) atoms. The molecule has 1 heterocycles. The predicted molar refractivity (Wildman–Crippen MR) is 74.9 cm³/mol. The minimum absolute atomic E-state index is 0.221. The van der Waals surface area contributed by atoms with Crippen molar-refractivity contribution in [2.24, 2.45) is 0 Å². The number of aromatic nitrogens is 2. The minimum Gasteiger partial charge on any atom is -0.496 e. The van der Waals surface area contributed by atoms with Gasteiger partial charge in [0.2, 0.25) is 0 Å². The van der Waals surface area contributed by atoms with Gasteiger partial charge in [0.15, 0.2) is 0 Å². The van der Waals surface area contributed by atoms with Gasteiger partial charge in [-0.25, -0.2) is 4.68 Å². The largest absolute Gasteiger partial charge is 0.496 e. The summed E-state index contributed by atoms with van der Waals surface area (Å²) in [5, 5.41) is 15.9. The van der Waals surface area contributed by atoms with Gasteiger partial charge < -0.3 is 10.1 Å². The van der Waals surface area contributed by atoms with Gasteiger partial charge in [-0.1, -0.05) is 0 Å². The number of ether oxygens (including phenoxy) is 1. The number of nitrogens with zero attached hydrogens (tertiary/aromatic N) is 3. The Kier molecular flexibility index (Phi) is 4.01. The van der Waals surface area contributed by atoms with Crippen LogP contribution in [0.3, 0.4) is 0 Å². The Morgan fingerprint density at radius 1 is 1.45 bits per heavy atom. The molecule has 0 bridgehead atoms. The van der Waals surface area contributed by atoms with E-state index in [0.717, 1.165) is 5.56 Å². The molecule has 102 valence electrons. The zero-order valence-corrected chi connectivity index (χ0v) is 11.3. The SMILES string of the molecule is CNc1cnn(Cc2cc(C#N)ccc2OC)c(=O)c1. The van der Waals surface area contributed by atoms with E-state index in [1.165, 1.54) is 10.7 Å². The first kappa shape index (κ1) is 13.6. The standard InChI is InChI=1S/C14H14N4O2/c1-16-12-6-14(19)18(17-8-12)9-11-5-10(7-15)3-4-13(11)20-2/h3-6,8,16H,9H2,1-2H3. The summed E-state index contributed by atoms with van der Waals surface area (Å²) in [6, 6.07) is 8.60. The predicted octanol–water partition coefficient (Wildman–Crippen LogP) is 1.21. The third-order valence-electron chi connectivity index (χ3n) is 2.89. The number of benzene rings is 1. The molecule has 0 spiro atoms. The monoisotopic (exact) mass is 270 g/mol. The molecule has 2 aromatic rings. The summed E-state index contributed by atoms with van der Waals surface area (Å²) in [4.78, 5) is 11.9. The Morgan fingerprint density at radius 2 is 2.25 bits per heavy atom. The average molecular weight is 270 g/mol. The highest BCUT2D eigenvalue weighted by atomic mass is 16.5. The van der Waals surface area contributed by atoms with Gasteiger partial charge in [-0.05, 0) is 18.2 Å². The van der Waals surface area contributed by atoms with Crippen molar-refractivity contribution < 1.29 is 4.74 Å². The number of rotatable bonds is 4. The summed E-state index contributed by atoms with van der Waals surface area (Å²) in [7, 11) is 3.27. The molecule has 0 fully saturated rings. The molecular weight excluding hydrogens is 256 g/mol. The summed E-state index contributed by atoms with van der Waals surface area (Å²) >= 11 is 0. The molecule has 0 atom stereocenters. The number of anilines is 1. The van der Waals surface area contributed by atoms with Crippen molar-refractivity contribution in [3.05, 3.63) is 51.9 Å². The van der Waals surface area contributed by atoms with Crippen LogP contribution in [0.2, 0.25) is 0 Å². The van der Waals surface area contributed by atoms with E-state index < -0.39 is 0 Å². The summed E-state index contributed by atoms with van der Waals surface area (Å²) < 4.78 is 6.56. The maximum absolute atomic E-state index is 11.9. The van der Waals surface area contributed by atoms with E-state index in [1.54, 1.807) is 38.6 Å². The minimum atomic E-state index is -0.221. The Labute approximate surface area is 116 Å². The number of hydrogen-bond acceptors (Lipinski definition) is 5. The van der Waals surface area contributed by atoms with E-state index >= 15 is 0 Å². The van der Waals surface area contributed by atoms with E-state index in [2.05, 4.69) is 16.5 Å². The summed E-state index contributed by atoms with van der Waals surface area (Å²) in [6.45, 7) is 0.252. The summed E-state index contributed by atoms with van der Waals surface area (Å²) in [6.07, 6.45) is 1.57. The van der Waals surface area contributed by atoms with Crippen LogP contribution in [-0.2, 0) is 6.54 Å². The topological polar surface area (TPSA) is 79.9 Å². The van der Waals surface area contributed by atoms with Crippen molar-refractivity contribution in [3.8, 4) is 11.8 Å². The smallest absolute Gasteiger partial charge is 0.269 e. The number of methoxy groups -OCH3 is 1. The number of nitriles is 1. The molecule has 0 aliphatic heterocycles. The van der Waals surface area contributed by atoms with Crippen molar-refractivity contribution in [1.29, 1.82) is 5.26 Å². The molecule has 0 aliphatic carbocycles. The van der Waals surface area contributed by atoms with Gasteiger partial charge in [0.1, 0.15) is 5.75 Å². The van der Waals surface area contributed by atoms with Gasteiger partial charge in [0.25, 0.3) is 5.56 Å². The molecule has 0 aliphatic rings.